The van der Waals surface area contributed by atoms with Crippen LogP contribution in [-0.2, 0) is 15.1 Å². The standard InChI is InChI=1S/C30H45N2O3.2ClH/c1-5-31(6-2)23-15-16-24-32(7-3,8-4)25-17-18-26-35-29(33)30(34,27-19-11-9-12-20-27)28-21-13-10-14-22-28;;/h9,11-12,19-20,28,34H,5-8,10,13-14,21-26H2,1-4H3;2*1H/q+1;;/p-1. The minimum Gasteiger partial charge on any atom is -1.00 e. The summed E-state index contributed by atoms with van der Waals surface area (Å²) < 4.78 is 6.34. The quantitative estimate of drug-likeness (QED) is 0.257. The third-order valence-corrected chi connectivity index (χ3v) is 7.61. The van der Waals surface area contributed by atoms with Gasteiger partial charge in [-0.2, -0.15) is 0 Å². The lowest BCUT2D eigenvalue weighted by Crippen LogP contribution is -3.00. The van der Waals surface area contributed by atoms with Gasteiger partial charge in [-0.15, -0.1) is 12.4 Å². The molecule has 1 aliphatic carbocycles. The number of nitrogens with zero attached hydrogens (tertiary/aromatic N) is 2. The Labute approximate surface area is 237 Å². The molecule has 0 radical (unpaired) electrons. The molecule has 0 aliphatic heterocycles. The average molecular weight is 554 g/mol. The number of hydrogen-bond acceptors (Lipinski definition) is 4. The van der Waals surface area contributed by atoms with Crippen molar-refractivity contribution in [3.05, 3.63) is 35.9 Å². The largest absolute Gasteiger partial charge is 1.00 e. The predicted molar refractivity (Wildman–Crippen MR) is 150 cm³/mol. The summed E-state index contributed by atoms with van der Waals surface area (Å²) >= 11 is 0. The number of esters is 1. The fourth-order valence-corrected chi connectivity index (χ4v) is 4.78. The minimum atomic E-state index is -1.61. The molecule has 2 rings (SSSR count). The molecule has 0 amide bonds. The lowest BCUT2D eigenvalue weighted by atomic mass is 9.73. The minimum absolute atomic E-state index is 0. The third kappa shape index (κ3) is 10.2. The molecule has 208 valence electrons. The maximum absolute atomic E-state index is 13.1. The van der Waals surface area contributed by atoms with Crippen molar-refractivity contribution in [2.24, 2.45) is 5.92 Å². The zero-order chi connectivity index (χ0) is 25.6. The van der Waals surface area contributed by atoms with Gasteiger partial charge in [0.05, 0.1) is 19.6 Å². The summed E-state index contributed by atoms with van der Waals surface area (Å²) in [5, 5.41) is 11.6. The van der Waals surface area contributed by atoms with Crippen LogP contribution in [0.5, 0.6) is 0 Å². The van der Waals surface area contributed by atoms with Crippen LogP contribution in [0, 0.1) is 29.6 Å². The number of ether oxygens (including phenoxy) is 1. The molecule has 1 N–H and O–H groups in total. The van der Waals surface area contributed by atoms with E-state index in [2.05, 4.69) is 56.3 Å². The van der Waals surface area contributed by atoms with Gasteiger partial charge < -0.3 is 26.7 Å². The van der Waals surface area contributed by atoms with Gasteiger partial charge in [0.2, 0.25) is 0 Å². The van der Waals surface area contributed by atoms with Crippen molar-refractivity contribution in [3.63, 3.8) is 0 Å². The highest BCUT2D eigenvalue weighted by Crippen LogP contribution is 2.40. The van der Waals surface area contributed by atoms with Crippen molar-refractivity contribution in [1.82, 2.24) is 4.90 Å². The normalized spacial score (nSPS) is 15.1. The summed E-state index contributed by atoms with van der Waals surface area (Å²) in [6.45, 7) is 14.8. The second kappa shape index (κ2) is 18.5. The summed E-state index contributed by atoms with van der Waals surface area (Å²) in [5.74, 6) is 12.2. The Morgan fingerprint density at radius 1 is 0.973 bits per heavy atom. The average Bonchev–Trinajstić information content (AvgIpc) is 2.92. The maximum Gasteiger partial charge on any atom is 0.344 e. The van der Waals surface area contributed by atoms with Gasteiger partial charge in [-0.25, -0.2) is 4.79 Å². The van der Waals surface area contributed by atoms with Crippen LogP contribution in [0.1, 0.15) is 65.4 Å². The summed E-state index contributed by atoms with van der Waals surface area (Å²) in [5.41, 5.74) is -1.00. The molecule has 1 aromatic carbocycles. The first kappa shape index (κ1) is 35.3. The number of hydrogen-bond donors (Lipinski definition) is 1. The lowest BCUT2D eigenvalue weighted by molar-refractivity contribution is -0.911. The monoisotopic (exact) mass is 552 g/mol. The van der Waals surface area contributed by atoms with E-state index in [1.165, 1.54) is 0 Å². The van der Waals surface area contributed by atoms with Crippen molar-refractivity contribution in [1.29, 1.82) is 0 Å². The molecule has 5 nitrogen and oxygen atoms in total. The molecular formula is C30H46Cl2N2O3. The first-order chi connectivity index (χ1) is 17.0. The molecule has 1 aromatic rings. The van der Waals surface area contributed by atoms with E-state index < -0.39 is 11.6 Å². The van der Waals surface area contributed by atoms with Crippen LogP contribution in [0.15, 0.2) is 30.3 Å². The summed E-state index contributed by atoms with van der Waals surface area (Å²) in [7, 11) is 0. The number of carbonyl (C=O) groups excluding carboxylic acids is 1. The van der Waals surface area contributed by atoms with Crippen LogP contribution in [0.3, 0.4) is 0 Å². The Bertz CT molecular complexity index is 890. The summed E-state index contributed by atoms with van der Waals surface area (Å²) in [6, 6.07) is 9.23. The molecule has 1 atom stereocenters. The van der Waals surface area contributed by atoms with E-state index in [1.54, 1.807) is 0 Å². The fourth-order valence-electron chi connectivity index (χ4n) is 4.78. The van der Waals surface area contributed by atoms with Crippen molar-refractivity contribution in [2.45, 2.75) is 65.4 Å². The fraction of sp³-hybridized carbons (Fsp3) is 0.633. The van der Waals surface area contributed by atoms with Crippen LogP contribution in [0.4, 0.5) is 0 Å². The van der Waals surface area contributed by atoms with E-state index in [9.17, 15) is 9.90 Å². The first-order valence-electron chi connectivity index (χ1n) is 13.4. The Morgan fingerprint density at radius 3 is 2.08 bits per heavy atom. The van der Waals surface area contributed by atoms with Gasteiger partial charge in [0.25, 0.3) is 0 Å². The Hall–Kier alpha value is -1.73. The van der Waals surface area contributed by atoms with Crippen LogP contribution in [0.25, 0.3) is 0 Å². The van der Waals surface area contributed by atoms with Gasteiger partial charge in [0, 0.05) is 5.92 Å². The Balaban J connectivity index is 0.00000648. The third-order valence-electron chi connectivity index (χ3n) is 7.61. The van der Waals surface area contributed by atoms with Crippen LogP contribution >= 0.6 is 12.4 Å². The van der Waals surface area contributed by atoms with E-state index in [4.69, 9.17) is 4.74 Å². The van der Waals surface area contributed by atoms with Crippen molar-refractivity contribution < 1.29 is 31.5 Å². The van der Waals surface area contributed by atoms with Crippen LogP contribution < -0.4 is 12.4 Å². The molecule has 37 heavy (non-hydrogen) atoms. The highest BCUT2D eigenvalue weighted by molar-refractivity contribution is 5.85. The van der Waals surface area contributed by atoms with E-state index >= 15 is 0 Å². The topological polar surface area (TPSA) is 49.8 Å². The molecule has 1 aliphatic rings. The number of quaternary nitrogens is 1. The zero-order valence-corrected chi connectivity index (χ0v) is 24.7. The summed E-state index contributed by atoms with van der Waals surface area (Å²) in [6.07, 6.45) is 4.86. The number of benzene rings is 1. The smallest absolute Gasteiger partial charge is 0.344 e. The highest BCUT2D eigenvalue weighted by atomic mass is 35.5. The van der Waals surface area contributed by atoms with E-state index in [-0.39, 0.29) is 37.3 Å². The van der Waals surface area contributed by atoms with Gasteiger partial charge >= 0.3 is 5.97 Å². The Morgan fingerprint density at radius 2 is 1.54 bits per heavy atom. The summed E-state index contributed by atoms with van der Waals surface area (Å²) in [4.78, 5) is 15.5. The Kier molecular flexibility index (Phi) is 17.6. The van der Waals surface area contributed by atoms with Gasteiger partial charge in [-0.05, 0) is 57.2 Å². The SMILES string of the molecule is CCN(CC)CC#CC[N+](CC)(CC)CC#CCOC(=O)C(O)(c1ccccc1)C1CCCCC1.Cl.[Cl-]. The highest BCUT2D eigenvalue weighted by Gasteiger charge is 2.47. The van der Waals surface area contributed by atoms with Crippen molar-refractivity contribution in [3.8, 4) is 23.7 Å². The second-order valence-electron chi connectivity index (χ2n) is 9.50. The molecule has 0 bridgehead atoms. The second-order valence-corrected chi connectivity index (χ2v) is 9.50. The van der Waals surface area contributed by atoms with Crippen LogP contribution in [0.2, 0.25) is 0 Å². The molecule has 0 saturated heterocycles. The molecule has 1 fully saturated rings. The van der Waals surface area contributed by atoms with Gasteiger partial charge in [-0.1, -0.05) is 75.3 Å². The number of halogens is 2. The number of rotatable bonds is 11. The zero-order valence-electron chi connectivity index (χ0n) is 23.1. The first-order valence-corrected chi connectivity index (χ1v) is 13.4. The molecule has 0 aromatic heterocycles. The van der Waals surface area contributed by atoms with E-state index in [0.29, 0.717) is 12.1 Å². The molecule has 0 heterocycles. The van der Waals surface area contributed by atoms with E-state index in [1.807, 2.05) is 30.3 Å². The van der Waals surface area contributed by atoms with E-state index in [0.717, 1.165) is 75.9 Å². The van der Waals surface area contributed by atoms with Crippen LogP contribution in [-0.4, -0.2) is 72.9 Å². The predicted octanol–water partition coefficient (Wildman–Crippen LogP) is 1.63. The lowest BCUT2D eigenvalue weighted by Gasteiger charge is -2.36. The molecule has 0 spiro atoms. The number of aliphatic hydroxyl groups is 1. The van der Waals surface area contributed by atoms with Gasteiger partial charge in [0.15, 0.2) is 12.2 Å². The molecular weight excluding hydrogens is 507 g/mol. The van der Waals surface area contributed by atoms with Gasteiger partial charge in [-0.3, -0.25) is 4.90 Å². The van der Waals surface area contributed by atoms with Crippen molar-refractivity contribution in [2.75, 3.05) is 52.4 Å². The van der Waals surface area contributed by atoms with Gasteiger partial charge in [0.1, 0.15) is 13.1 Å². The number of carbonyl (C=O) groups is 1. The molecule has 1 saturated carbocycles. The van der Waals surface area contributed by atoms with Crippen molar-refractivity contribution >= 4 is 18.4 Å². The molecule has 7 heteroatoms. The maximum atomic E-state index is 13.1. The molecule has 1 unspecified atom stereocenters.